The third kappa shape index (κ3) is 4.06. The number of benzene rings is 1. The molecule has 0 radical (unpaired) electrons. The predicted molar refractivity (Wildman–Crippen MR) is 102 cm³/mol. The van der Waals surface area contributed by atoms with Gasteiger partial charge in [-0.25, -0.2) is 14.4 Å². The zero-order chi connectivity index (χ0) is 19.5. The minimum Gasteiger partial charge on any atom is -0.391 e. The van der Waals surface area contributed by atoms with Gasteiger partial charge in [-0.05, 0) is 37.5 Å². The summed E-state index contributed by atoms with van der Waals surface area (Å²) in [6.45, 7) is 1.19. The number of fused-ring (bicyclic) bond motifs is 1. The van der Waals surface area contributed by atoms with Gasteiger partial charge >= 0.3 is 0 Å². The van der Waals surface area contributed by atoms with E-state index in [2.05, 4.69) is 15.0 Å². The van der Waals surface area contributed by atoms with Crippen molar-refractivity contribution in [1.29, 1.82) is 0 Å². The lowest BCUT2D eigenvalue weighted by Gasteiger charge is -2.21. The van der Waals surface area contributed by atoms with E-state index in [0.717, 1.165) is 11.3 Å². The third-order valence-corrected chi connectivity index (χ3v) is 5.39. The van der Waals surface area contributed by atoms with Crippen molar-refractivity contribution in [1.82, 2.24) is 24.4 Å². The quantitative estimate of drug-likeness (QED) is 0.706. The molecule has 3 aromatic rings. The van der Waals surface area contributed by atoms with E-state index in [9.17, 15) is 14.3 Å². The zero-order valence-corrected chi connectivity index (χ0v) is 15.6. The van der Waals surface area contributed by atoms with Crippen LogP contribution >= 0.6 is 0 Å². The molecule has 0 unspecified atom stereocenters. The molecule has 2 N–H and O–H groups in total. The highest BCUT2D eigenvalue weighted by Gasteiger charge is 2.27. The van der Waals surface area contributed by atoms with Crippen LogP contribution in [0.2, 0.25) is 0 Å². The number of nitrogens with zero attached hydrogens (tertiary/aromatic N) is 4. The molecule has 0 bridgehead atoms. The number of H-pyrrole nitrogens is 1. The Hall–Kier alpha value is -2.74. The molecule has 0 aliphatic carbocycles. The average molecular weight is 385 g/mol. The van der Waals surface area contributed by atoms with Crippen molar-refractivity contribution in [2.75, 3.05) is 13.1 Å². The number of aromatic amines is 1. The van der Waals surface area contributed by atoms with E-state index in [1.54, 1.807) is 18.6 Å². The molecule has 1 saturated heterocycles. The first-order chi connectivity index (χ1) is 13.6. The van der Waals surface area contributed by atoms with Crippen LogP contribution in [0, 0.1) is 5.82 Å². The highest BCUT2D eigenvalue weighted by molar-refractivity contribution is 5.76. The molecule has 0 spiro atoms. The summed E-state index contributed by atoms with van der Waals surface area (Å²) in [7, 11) is 0. The van der Waals surface area contributed by atoms with Gasteiger partial charge in [0.2, 0.25) is 5.91 Å². The molecule has 8 heteroatoms. The first kappa shape index (κ1) is 18.6. The lowest BCUT2D eigenvalue weighted by molar-refractivity contribution is -0.131. The summed E-state index contributed by atoms with van der Waals surface area (Å²) in [5.41, 5.74) is 1.41. The van der Waals surface area contributed by atoms with Gasteiger partial charge < -0.3 is 19.6 Å². The number of nitrogens with one attached hydrogen (secondary N) is 1. The number of aliphatic hydroxyl groups excluding tert-OH is 1. The van der Waals surface area contributed by atoms with Crippen molar-refractivity contribution in [3.63, 3.8) is 0 Å². The van der Waals surface area contributed by atoms with E-state index < -0.39 is 6.10 Å². The molecule has 28 heavy (non-hydrogen) atoms. The molecule has 1 fully saturated rings. The standard InChI is InChI=1S/C20H24FN5O2/c21-14-4-5-15-16(12-14)24-19(23-15)2-1-3-20(28)25-9-6-17(18(27)7-10-25)26-11-8-22-13-26/h4-5,8,11-13,17-18,27H,1-3,6-7,9-10H2,(H,23,24)/t17-,18-/m0/s1. The van der Waals surface area contributed by atoms with Gasteiger partial charge in [-0.15, -0.1) is 0 Å². The molecule has 148 valence electrons. The van der Waals surface area contributed by atoms with Crippen molar-refractivity contribution in [3.05, 3.63) is 48.6 Å². The zero-order valence-electron chi connectivity index (χ0n) is 15.6. The van der Waals surface area contributed by atoms with Crippen molar-refractivity contribution in [3.8, 4) is 0 Å². The van der Waals surface area contributed by atoms with E-state index >= 15 is 0 Å². The Kier molecular flexibility index (Phi) is 5.38. The van der Waals surface area contributed by atoms with E-state index in [0.29, 0.717) is 50.7 Å². The summed E-state index contributed by atoms with van der Waals surface area (Å²) in [5.74, 6) is 0.565. The molecule has 0 saturated carbocycles. The number of carbonyl (C=O) groups is 1. The van der Waals surface area contributed by atoms with Crippen LogP contribution in [0.5, 0.6) is 0 Å². The summed E-state index contributed by atoms with van der Waals surface area (Å²) >= 11 is 0. The maximum atomic E-state index is 13.3. The number of hydrogen-bond acceptors (Lipinski definition) is 4. The molecule has 3 heterocycles. The fraction of sp³-hybridized carbons (Fsp3) is 0.450. The van der Waals surface area contributed by atoms with E-state index in [1.807, 2.05) is 15.7 Å². The molecular weight excluding hydrogens is 361 g/mol. The number of hydrogen-bond donors (Lipinski definition) is 2. The lowest BCUT2D eigenvalue weighted by Crippen LogP contribution is -2.32. The van der Waals surface area contributed by atoms with Crippen LogP contribution in [-0.4, -0.2) is 54.6 Å². The monoisotopic (exact) mass is 385 g/mol. The Labute approximate surface area is 162 Å². The molecule has 2 aromatic heterocycles. The first-order valence-corrected chi connectivity index (χ1v) is 9.67. The molecule has 2 atom stereocenters. The molecule has 4 rings (SSSR count). The summed E-state index contributed by atoms with van der Waals surface area (Å²) in [6.07, 6.45) is 7.78. The number of aliphatic hydroxyl groups is 1. The number of carbonyl (C=O) groups excluding carboxylic acids is 1. The second-order valence-electron chi connectivity index (χ2n) is 7.30. The predicted octanol–water partition coefficient (Wildman–Crippen LogP) is 2.45. The Morgan fingerprint density at radius 2 is 2.18 bits per heavy atom. The topological polar surface area (TPSA) is 87.0 Å². The highest BCUT2D eigenvalue weighted by Crippen LogP contribution is 2.23. The minimum atomic E-state index is -0.483. The number of aryl methyl sites for hydroxylation is 1. The average Bonchev–Trinajstić information content (AvgIpc) is 3.29. The SMILES string of the molecule is O=C(CCCc1nc2ccc(F)cc2[nH]1)N1CC[C@H](O)[C@@H](n2ccnc2)CC1. The van der Waals surface area contributed by atoms with Crippen LogP contribution in [0.3, 0.4) is 0 Å². The summed E-state index contributed by atoms with van der Waals surface area (Å²) in [6, 6.07) is 4.42. The largest absolute Gasteiger partial charge is 0.391 e. The van der Waals surface area contributed by atoms with Crippen LogP contribution in [0.15, 0.2) is 36.9 Å². The second-order valence-corrected chi connectivity index (χ2v) is 7.30. The maximum absolute atomic E-state index is 13.3. The second kappa shape index (κ2) is 8.10. The van der Waals surface area contributed by atoms with Crippen molar-refractivity contribution in [2.45, 2.75) is 44.2 Å². The van der Waals surface area contributed by atoms with Crippen molar-refractivity contribution in [2.24, 2.45) is 0 Å². The van der Waals surface area contributed by atoms with E-state index in [-0.39, 0.29) is 17.8 Å². The minimum absolute atomic E-state index is 0.0451. The van der Waals surface area contributed by atoms with Gasteiger partial charge in [0.15, 0.2) is 0 Å². The smallest absolute Gasteiger partial charge is 0.222 e. The van der Waals surface area contributed by atoms with Crippen molar-refractivity contribution >= 4 is 16.9 Å². The van der Waals surface area contributed by atoms with E-state index in [4.69, 9.17) is 0 Å². The summed E-state index contributed by atoms with van der Waals surface area (Å²) in [5, 5.41) is 10.4. The normalized spacial score (nSPS) is 20.4. The molecule has 1 aliphatic heterocycles. The van der Waals surface area contributed by atoms with Gasteiger partial charge in [-0.1, -0.05) is 0 Å². The number of amides is 1. The van der Waals surface area contributed by atoms with Crippen molar-refractivity contribution < 1.29 is 14.3 Å². The van der Waals surface area contributed by atoms with Crippen LogP contribution in [0.25, 0.3) is 11.0 Å². The van der Waals surface area contributed by atoms with Crippen LogP contribution in [0.4, 0.5) is 4.39 Å². The van der Waals surface area contributed by atoms with Gasteiger partial charge in [0.25, 0.3) is 0 Å². The molecular formula is C20H24FN5O2. The van der Waals surface area contributed by atoms with Crippen LogP contribution < -0.4 is 0 Å². The maximum Gasteiger partial charge on any atom is 0.222 e. The summed E-state index contributed by atoms with van der Waals surface area (Å²) < 4.78 is 15.2. The Balaban J connectivity index is 1.29. The molecule has 1 aromatic carbocycles. The van der Waals surface area contributed by atoms with Crippen LogP contribution in [0.1, 0.15) is 37.5 Å². The first-order valence-electron chi connectivity index (χ1n) is 9.67. The number of imidazole rings is 2. The number of aromatic nitrogens is 4. The Morgan fingerprint density at radius 1 is 1.32 bits per heavy atom. The lowest BCUT2D eigenvalue weighted by atomic mass is 10.1. The fourth-order valence-corrected chi connectivity index (χ4v) is 3.85. The Morgan fingerprint density at radius 3 is 3.00 bits per heavy atom. The molecule has 1 amide bonds. The number of halogens is 1. The number of likely N-dealkylation sites (tertiary alicyclic amines) is 1. The van der Waals surface area contributed by atoms with E-state index in [1.165, 1.54) is 12.1 Å². The Bertz CT molecular complexity index is 939. The summed E-state index contributed by atoms with van der Waals surface area (Å²) in [4.78, 5) is 26.0. The third-order valence-electron chi connectivity index (χ3n) is 5.39. The fourth-order valence-electron chi connectivity index (χ4n) is 3.85. The number of rotatable bonds is 5. The van der Waals surface area contributed by atoms with Crippen LogP contribution in [-0.2, 0) is 11.2 Å². The van der Waals surface area contributed by atoms with Gasteiger partial charge in [0.05, 0.1) is 29.5 Å². The molecule has 1 aliphatic rings. The van der Waals surface area contributed by atoms with Gasteiger partial charge in [0.1, 0.15) is 11.6 Å². The van der Waals surface area contributed by atoms with Gasteiger partial charge in [-0.3, -0.25) is 4.79 Å². The van der Waals surface area contributed by atoms with Gasteiger partial charge in [-0.2, -0.15) is 0 Å². The van der Waals surface area contributed by atoms with Gasteiger partial charge in [0, 0.05) is 38.3 Å². The molecule has 7 nitrogen and oxygen atoms in total. The highest BCUT2D eigenvalue weighted by atomic mass is 19.1.